The van der Waals surface area contributed by atoms with Gasteiger partial charge >= 0.3 is 5.97 Å². The number of likely N-dealkylation sites (tertiary alicyclic amines) is 2. The third-order valence-electron chi connectivity index (χ3n) is 6.35. The van der Waals surface area contributed by atoms with Gasteiger partial charge in [-0.3, -0.25) is 14.6 Å². The number of aliphatic hydroxyl groups is 1. The minimum Gasteiger partial charge on any atom is -0.465 e. The molecule has 0 aromatic heterocycles. The first-order valence-electron chi connectivity index (χ1n) is 10.7. The molecular formula is C24H29N3O4. The van der Waals surface area contributed by atoms with E-state index in [1.165, 1.54) is 12.7 Å². The van der Waals surface area contributed by atoms with E-state index < -0.39 is 5.97 Å². The van der Waals surface area contributed by atoms with Gasteiger partial charge in [0.25, 0.3) is 0 Å². The lowest BCUT2D eigenvalue weighted by Gasteiger charge is -2.27. The summed E-state index contributed by atoms with van der Waals surface area (Å²) in [4.78, 5) is 28.9. The van der Waals surface area contributed by atoms with Crippen LogP contribution in [0.15, 0.2) is 54.6 Å². The Morgan fingerprint density at radius 2 is 1.90 bits per heavy atom. The van der Waals surface area contributed by atoms with Crippen LogP contribution in [0, 0.1) is 11.8 Å². The summed E-state index contributed by atoms with van der Waals surface area (Å²) in [5, 5.41) is 12.9. The van der Waals surface area contributed by atoms with Gasteiger partial charge in [0.2, 0.25) is 5.91 Å². The Morgan fingerprint density at radius 1 is 1.10 bits per heavy atom. The van der Waals surface area contributed by atoms with Gasteiger partial charge in [0, 0.05) is 37.9 Å². The molecule has 0 saturated carbocycles. The van der Waals surface area contributed by atoms with Crippen molar-refractivity contribution in [2.24, 2.45) is 11.8 Å². The van der Waals surface area contributed by atoms with Gasteiger partial charge in [-0.1, -0.05) is 36.4 Å². The van der Waals surface area contributed by atoms with Gasteiger partial charge in [-0.2, -0.15) is 0 Å². The largest absolute Gasteiger partial charge is 0.465 e. The summed E-state index contributed by atoms with van der Waals surface area (Å²) < 4.78 is 4.73. The molecule has 2 aromatic carbocycles. The summed E-state index contributed by atoms with van der Waals surface area (Å²) in [5.74, 6) is 0.228. The quantitative estimate of drug-likeness (QED) is 0.662. The zero-order chi connectivity index (χ0) is 21.8. The second kappa shape index (κ2) is 9.60. The first-order chi connectivity index (χ1) is 15.1. The number of nitrogens with zero attached hydrogens (tertiary/aromatic N) is 2. The molecule has 0 radical (unpaired) electrons. The molecule has 2 aliphatic heterocycles. The molecule has 0 unspecified atom stereocenters. The van der Waals surface area contributed by atoms with E-state index in [2.05, 4.69) is 39.4 Å². The topological polar surface area (TPSA) is 82.1 Å². The minimum absolute atomic E-state index is 0.0158. The third kappa shape index (κ3) is 4.95. The smallest absolute Gasteiger partial charge is 0.337 e. The average molecular weight is 424 g/mol. The Kier molecular flexibility index (Phi) is 6.65. The molecule has 0 aliphatic carbocycles. The summed E-state index contributed by atoms with van der Waals surface area (Å²) in [6.45, 7) is 3.91. The molecule has 7 heteroatoms. The van der Waals surface area contributed by atoms with Crippen molar-refractivity contribution in [3.05, 3.63) is 65.7 Å². The van der Waals surface area contributed by atoms with Crippen LogP contribution in [0.2, 0.25) is 0 Å². The van der Waals surface area contributed by atoms with Crippen molar-refractivity contribution >= 4 is 17.6 Å². The molecule has 7 nitrogen and oxygen atoms in total. The van der Waals surface area contributed by atoms with Gasteiger partial charge in [-0.05, 0) is 35.6 Å². The molecule has 2 fully saturated rings. The van der Waals surface area contributed by atoms with E-state index >= 15 is 0 Å². The first kappa shape index (κ1) is 21.5. The molecule has 31 heavy (non-hydrogen) atoms. The molecule has 1 amide bonds. The lowest BCUT2D eigenvalue weighted by Crippen LogP contribution is -2.42. The van der Waals surface area contributed by atoms with Crippen LogP contribution < -0.4 is 5.32 Å². The summed E-state index contributed by atoms with van der Waals surface area (Å²) >= 11 is 0. The third-order valence-corrected chi connectivity index (χ3v) is 6.35. The number of esters is 1. The fraction of sp³-hybridized carbons (Fsp3) is 0.417. The van der Waals surface area contributed by atoms with Crippen LogP contribution in [0.5, 0.6) is 0 Å². The highest BCUT2D eigenvalue weighted by molar-refractivity contribution is 5.95. The van der Waals surface area contributed by atoms with Crippen molar-refractivity contribution in [1.82, 2.24) is 9.80 Å². The molecule has 3 atom stereocenters. The number of hydrogen-bond donors (Lipinski definition) is 2. The van der Waals surface area contributed by atoms with Gasteiger partial charge in [0.15, 0.2) is 0 Å². The number of benzene rings is 2. The average Bonchev–Trinajstić information content (AvgIpc) is 3.30. The number of carbonyl (C=O) groups is 2. The number of ether oxygens (including phenoxy) is 1. The number of nitrogens with one attached hydrogen (secondary N) is 1. The van der Waals surface area contributed by atoms with E-state index in [-0.39, 0.29) is 25.1 Å². The lowest BCUT2D eigenvalue weighted by molar-refractivity contribution is -0.117. The van der Waals surface area contributed by atoms with Crippen molar-refractivity contribution < 1.29 is 19.4 Å². The van der Waals surface area contributed by atoms with Crippen molar-refractivity contribution in [2.45, 2.75) is 12.6 Å². The molecule has 2 heterocycles. The lowest BCUT2D eigenvalue weighted by atomic mass is 9.95. The number of hydrogen-bond acceptors (Lipinski definition) is 6. The Bertz CT molecular complexity index is 920. The van der Waals surface area contributed by atoms with E-state index in [1.807, 2.05) is 6.07 Å². The zero-order valence-electron chi connectivity index (χ0n) is 17.7. The first-order valence-corrected chi connectivity index (χ1v) is 10.7. The van der Waals surface area contributed by atoms with Crippen molar-refractivity contribution in [2.75, 3.05) is 45.2 Å². The van der Waals surface area contributed by atoms with Crippen LogP contribution in [0.3, 0.4) is 0 Å². The summed E-state index contributed by atoms with van der Waals surface area (Å²) in [6, 6.07) is 17.1. The predicted octanol–water partition coefficient (Wildman–Crippen LogP) is 1.84. The van der Waals surface area contributed by atoms with Crippen molar-refractivity contribution in [3.8, 4) is 0 Å². The van der Waals surface area contributed by atoms with E-state index in [0.29, 0.717) is 23.1 Å². The number of methoxy groups -OCH3 is 1. The second-order valence-electron chi connectivity index (χ2n) is 8.40. The zero-order valence-corrected chi connectivity index (χ0v) is 17.7. The molecule has 0 spiro atoms. The fourth-order valence-electron chi connectivity index (χ4n) is 4.96. The molecule has 2 saturated heterocycles. The van der Waals surface area contributed by atoms with Gasteiger partial charge in [0.05, 0.1) is 25.8 Å². The van der Waals surface area contributed by atoms with Gasteiger partial charge in [0.1, 0.15) is 0 Å². The molecule has 164 valence electrons. The van der Waals surface area contributed by atoms with Crippen molar-refractivity contribution in [1.29, 1.82) is 0 Å². The summed E-state index contributed by atoms with van der Waals surface area (Å²) in [5.41, 5.74) is 2.25. The van der Waals surface area contributed by atoms with E-state index in [0.717, 1.165) is 26.2 Å². The van der Waals surface area contributed by atoms with E-state index in [9.17, 15) is 14.7 Å². The van der Waals surface area contributed by atoms with Crippen LogP contribution in [0.1, 0.15) is 15.9 Å². The standard InChI is InChI=1S/C24H29N3O4/c1-31-24(30)18-8-5-9-20(10-18)25-23(29)15-27-13-19-12-26(14-21(19)22(27)16-28)11-17-6-3-2-4-7-17/h2-10,19,21-22,28H,11-16H2,1H3,(H,25,29)/t19-,21-,22+/m0/s1. The number of aliphatic hydroxyl groups excluding tert-OH is 1. The monoisotopic (exact) mass is 423 g/mol. The Hall–Kier alpha value is -2.74. The highest BCUT2D eigenvalue weighted by Gasteiger charge is 2.46. The Morgan fingerprint density at radius 3 is 2.65 bits per heavy atom. The highest BCUT2D eigenvalue weighted by Crippen LogP contribution is 2.36. The summed E-state index contributed by atoms with van der Waals surface area (Å²) in [6.07, 6.45) is 0. The van der Waals surface area contributed by atoms with Crippen LogP contribution in [-0.4, -0.2) is 72.7 Å². The molecule has 2 aliphatic rings. The second-order valence-corrected chi connectivity index (χ2v) is 8.40. The van der Waals surface area contributed by atoms with Crippen LogP contribution in [0.25, 0.3) is 0 Å². The van der Waals surface area contributed by atoms with Crippen LogP contribution in [0.4, 0.5) is 5.69 Å². The summed E-state index contributed by atoms with van der Waals surface area (Å²) in [7, 11) is 1.33. The maximum Gasteiger partial charge on any atom is 0.337 e. The highest BCUT2D eigenvalue weighted by atomic mass is 16.5. The Balaban J connectivity index is 1.33. The number of rotatable bonds is 7. The van der Waals surface area contributed by atoms with Crippen LogP contribution in [-0.2, 0) is 16.1 Å². The maximum atomic E-state index is 12.6. The fourth-order valence-corrected chi connectivity index (χ4v) is 4.96. The molecule has 2 N–H and O–H groups in total. The van der Waals surface area contributed by atoms with Gasteiger partial charge in [-0.15, -0.1) is 0 Å². The maximum absolute atomic E-state index is 12.6. The van der Waals surface area contributed by atoms with E-state index in [4.69, 9.17) is 4.74 Å². The Labute approximate surface area is 182 Å². The number of anilines is 1. The van der Waals surface area contributed by atoms with Gasteiger partial charge < -0.3 is 15.2 Å². The molecule has 2 aromatic rings. The van der Waals surface area contributed by atoms with Crippen LogP contribution >= 0.6 is 0 Å². The number of carbonyl (C=O) groups excluding carboxylic acids is 2. The minimum atomic E-state index is -0.441. The van der Waals surface area contributed by atoms with Crippen molar-refractivity contribution in [3.63, 3.8) is 0 Å². The predicted molar refractivity (Wildman–Crippen MR) is 118 cm³/mol. The SMILES string of the molecule is COC(=O)c1cccc(NC(=O)CN2C[C@@H]3CN(Cc4ccccc4)C[C@@H]3[C@H]2CO)c1. The van der Waals surface area contributed by atoms with Gasteiger partial charge in [-0.25, -0.2) is 4.79 Å². The number of fused-ring (bicyclic) bond motifs is 1. The molecule has 4 rings (SSSR count). The number of amides is 1. The van der Waals surface area contributed by atoms with E-state index in [1.54, 1.807) is 24.3 Å². The molecule has 0 bridgehead atoms. The normalized spacial score (nSPS) is 23.5. The molecular weight excluding hydrogens is 394 g/mol.